The molecule has 1 fully saturated rings. The Morgan fingerprint density at radius 2 is 1.55 bits per heavy atom. The molecule has 1 heterocycles. The predicted octanol–water partition coefficient (Wildman–Crippen LogP) is 4.99. The van der Waals surface area contributed by atoms with Crippen LogP contribution in [0.3, 0.4) is 0 Å². The summed E-state index contributed by atoms with van der Waals surface area (Å²) in [4.78, 5) is 28.1. The Morgan fingerprint density at radius 1 is 0.828 bits per heavy atom. The molecular formula is C26H25NO2. The van der Waals surface area contributed by atoms with Gasteiger partial charge in [-0.05, 0) is 47.1 Å². The van der Waals surface area contributed by atoms with E-state index in [9.17, 15) is 9.59 Å². The molecule has 0 bridgehead atoms. The number of benzene rings is 3. The van der Waals surface area contributed by atoms with Gasteiger partial charge in [0.15, 0.2) is 5.78 Å². The molecule has 3 aromatic carbocycles. The Kier molecular flexibility index (Phi) is 4.67. The lowest BCUT2D eigenvalue weighted by molar-refractivity contribution is -0.136. The van der Waals surface area contributed by atoms with Gasteiger partial charge in [0, 0.05) is 31.0 Å². The number of amides is 1. The first-order valence-electron chi connectivity index (χ1n) is 10.6. The van der Waals surface area contributed by atoms with Crippen molar-refractivity contribution in [3.05, 3.63) is 83.4 Å². The molecule has 29 heavy (non-hydrogen) atoms. The molecule has 3 heteroatoms. The Balaban J connectivity index is 1.31. The average molecular weight is 383 g/mol. The summed E-state index contributed by atoms with van der Waals surface area (Å²) in [6.45, 7) is 1.57. The first kappa shape index (κ1) is 18.1. The van der Waals surface area contributed by atoms with E-state index in [0.717, 1.165) is 47.8 Å². The number of hydrogen-bond acceptors (Lipinski definition) is 2. The van der Waals surface area contributed by atoms with Crippen molar-refractivity contribution in [2.45, 2.75) is 31.6 Å². The van der Waals surface area contributed by atoms with Gasteiger partial charge in [-0.3, -0.25) is 9.59 Å². The van der Waals surface area contributed by atoms with Gasteiger partial charge in [0.05, 0.1) is 0 Å². The molecule has 3 nitrogen and oxygen atoms in total. The van der Waals surface area contributed by atoms with Gasteiger partial charge in [-0.25, -0.2) is 0 Å². The smallest absolute Gasteiger partial charge is 0.226 e. The van der Waals surface area contributed by atoms with E-state index in [1.54, 1.807) is 0 Å². The molecule has 1 unspecified atom stereocenters. The van der Waals surface area contributed by atoms with Crippen molar-refractivity contribution >= 4 is 22.5 Å². The largest absolute Gasteiger partial charge is 0.342 e. The van der Waals surface area contributed by atoms with E-state index < -0.39 is 0 Å². The third-order valence-corrected chi connectivity index (χ3v) is 6.62. The summed E-state index contributed by atoms with van der Waals surface area (Å²) in [5.41, 5.74) is 3.22. The molecule has 1 amide bonds. The Labute approximate surface area is 171 Å². The molecule has 0 radical (unpaired) electrons. The zero-order valence-corrected chi connectivity index (χ0v) is 16.5. The monoisotopic (exact) mass is 383 g/mol. The van der Waals surface area contributed by atoms with Crippen molar-refractivity contribution in [2.75, 3.05) is 13.1 Å². The summed E-state index contributed by atoms with van der Waals surface area (Å²) < 4.78 is 0. The first-order valence-corrected chi connectivity index (χ1v) is 10.6. The van der Waals surface area contributed by atoms with E-state index >= 15 is 0 Å². The second-order valence-electron chi connectivity index (χ2n) is 8.36. The minimum Gasteiger partial charge on any atom is -0.342 e. The van der Waals surface area contributed by atoms with E-state index in [4.69, 9.17) is 0 Å². The molecule has 146 valence electrons. The van der Waals surface area contributed by atoms with Gasteiger partial charge in [-0.2, -0.15) is 0 Å². The number of ketones is 1. The van der Waals surface area contributed by atoms with Crippen LogP contribution in [0.1, 0.15) is 46.7 Å². The lowest BCUT2D eigenvalue weighted by Crippen LogP contribution is -2.43. The molecule has 1 aliphatic heterocycles. The number of fused-ring (bicyclic) bond motifs is 3. The molecular weight excluding hydrogens is 358 g/mol. The number of piperidine rings is 1. The summed E-state index contributed by atoms with van der Waals surface area (Å²) in [5.74, 6) is 0.578. The van der Waals surface area contributed by atoms with Crippen molar-refractivity contribution in [3.8, 4) is 0 Å². The third kappa shape index (κ3) is 3.35. The third-order valence-electron chi connectivity index (χ3n) is 6.62. The van der Waals surface area contributed by atoms with Crippen LogP contribution in [0, 0.1) is 5.92 Å². The highest BCUT2D eigenvalue weighted by Gasteiger charge is 2.34. The van der Waals surface area contributed by atoms with Crippen LogP contribution in [0.5, 0.6) is 0 Å². The summed E-state index contributed by atoms with van der Waals surface area (Å²) in [5, 5.41) is 2.11. The van der Waals surface area contributed by atoms with Crippen molar-refractivity contribution in [1.82, 2.24) is 4.90 Å². The van der Waals surface area contributed by atoms with Gasteiger partial charge in [0.1, 0.15) is 0 Å². The maximum Gasteiger partial charge on any atom is 0.226 e. The second-order valence-corrected chi connectivity index (χ2v) is 8.36. The molecule has 0 N–H and O–H groups in total. The summed E-state index contributed by atoms with van der Waals surface area (Å²) >= 11 is 0. The van der Waals surface area contributed by atoms with E-state index in [1.165, 1.54) is 5.56 Å². The Morgan fingerprint density at radius 3 is 2.34 bits per heavy atom. The maximum atomic E-state index is 13.2. The molecule has 3 aromatic rings. The van der Waals surface area contributed by atoms with Crippen LogP contribution in [-0.4, -0.2) is 29.7 Å². The summed E-state index contributed by atoms with van der Waals surface area (Å²) in [6.07, 6.45) is 3.00. The standard InChI is InChI=1S/C26H25NO2/c28-24-17-22(16-21-11-10-20-8-4-5-9-23(20)25(21)24)26(29)27-14-12-19(13-15-27)18-6-2-1-3-7-18/h1-11,19,22H,12-17H2. The quantitative estimate of drug-likeness (QED) is 0.625. The topological polar surface area (TPSA) is 37.4 Å². The Hall–Kier alpha value is -2.94. The number of carbonyl (C=O) groups excluding carboxylic acids is 2. The molecule has 0 aromatic heterocycles. The van der Waals surface area contributed by atoms with Crippen LogP contribution in [0.25, 0.3) is 10.8 Å². The fraction of sp³-hybridized carbons (Fsp3) is 0.308. The molecule has 2 aliphatic rings. The number of hydrogen-bond donors (Lipinski definition) is 0. The highest BCUT2D eigenvalue weighted by Crippen LogP contribution is 2.34. The van der Waals surface area contributed by atoms with Crippen molar-refractivity contribution in [2.24, 2.45) is 5.92 Å². The lowest BCUT2D eigenvalue weighted by atomic mass is 9.79. The van der Waals surface area contributed by atoms with E-state index in [1.807, 2.05) is 41.3 Å². The normalized spacial score (nSPS) is 19.9. The van der Waals surface area contributed by atoms with E-state index in [2.05, 4.69) is 30.3 Å². The fourth-order valence-electron chi connectivity index (χ4n) is 5.07. The highest BCUT2D eigenvalue weighted by molar-refractivity contribution is 6.11. The molecule has 0 spiro atoms. The van der Waals surface area contributed by atoms with E-state index in [-0.39, 0.29) is 17.6 Å². The van der Waals surface area contributed by atoms with Crippen LogP contribution in [0.4, 0.5) is 0 Å². The summed E-state index contributed by atoms with van der Waals surface area (Å²) in [7, 11) is 0. The SMILES string of the molecule is O=C1CC(C(=O)N2CCC(c3ccccc3)CC2)Cc2ccc3ccccc3c21. The summed E-state index contributed by atoms with van der Waals surface area (Å²) in [6, 6.07) is 22.7. The molecule has 1 atom stereocenters. The molecule has 5 rings (SSSR count). The second kappa shape index (κ2) is 7.47. The minimum atomic E-state index is -0.218. The van der Waals surface area contributed by atoms with Gasteiger partial charge in [-0.1, -0.05) is 66.7 Å². The first-order chi connectivity index (χ1) is 14.2. The minimum absolute atomic E-state index is 0.112. The number of Topliss-reactive ketones (excluding diaryl/α,β-unsaturated/α-hetero) is 1. The van der Waals surface area contributed by atoms with E-state index in [0.29, 0.717) is 18.8 Å². The molecule has 1 saturated heterocycles. The Bertz CT molecular complexity index is 1060. The number of rotatable bonds is 2. The number of likely N-dealkylation sites (tertiary alicyclic amines) is 1. The van der Waals surface area contributed by atoms with Gasteiger partial charge >= 0.3 is 0 Å². The van der Waals surface area contributed by atoms with Gasteiger partial charge in [0.25, 0.3) is 0 Å². The van der Waals surface area contributed by atoms with Gasteiger partial charge in [-0.15, -0.1) is 0 Å². The molecule has 1 aliphatic carbocycles. The molecule has 0 saturated carbocycles. The van der Waals surface area contributed by atoms with Crippen LogP contribution < -0.4 is 0 Å². The van der Waals surface area contributed by atoms with Gasteiger partial charge < -0.3 is 4.90 Å². The fourth-order valence-corrected chi connectivity index (χ4v) is 5.07. The predicted molar refractivity (Wildman–Crippen MR) is 115 cm³/mol. The van der Waals surface area contributed by atoms with Crippen LogP contribution in [0.2, 0.25) is 0 Å². The number of nitrogens with zero attached hydrogens (tertiary/aromatic N) is 1. The maximum absolute atomic E-state index is 13.2. The highest BCUT2D eigenvalue weighted by atomic mass is 16.2. The van der Waals surface area contributed by atoms with Crippen LogP contribution in [0.15, 0.2) is 66.7 Å². The van der Waals surface area contributed by atoms with Crippen LogP contribution >= 0.6 is 0 Å². The van der Waals surface area contributed by atoms with Crippen molar-refractivity contribution in [1.29, 1.82) is 0 Å². The van der Waals surface area contributed by atoms with Crippen molar-refractivity contribution in [3.63, 3.8) is 0 Å². The van der Waals surface area contributed by atoms with Crippen molar-refractivity contribution < 1.29 is 9.59 Å². The van der Waals surface area contributed by atoms with Crippen LogP contribution in [-0.2, 0) is 11.2 Å². The zero-order chi connectivity index (χ0) is 19.8. The average Bonchev–Trinajstić information content (AvgIpc) is 2.79. The number of carbonyl (C=O) groups is 2. The zero-order valence-electron chi connectivity index (χ0n) is 16.5. The lowest BCUT2D eigenvalue weighted by Gasteiger charge is -2.35. The van der Waals surface area contributed by atoms with Gasteiger partial charge in [0.2, 0.25) is 5.91 Å².